The molecule has 0 heterocycles. The fourth-order valence-corrected chi connectivity index (χ4v) is 2.56. The van der Waals surface area contributed by atoms with Crippen LogP contribution < -0.4 is 10.5 Å². The molecule has 1 aromatic rings. The summed E-state index contributed by atoms with van der Waals surface area (Å²) in [6.45, 7) is 4.55. The van der Waals surface area contributed by atoms with Gasteiger partial charge in [-0.15, -0.1) is 0 Å². The molecule has 1 aromatic carbocycles. The first-order valence-corrected chi connectivity index (χ1v) is 8.01. The predicted molar refractivity (Wildman–Crippen MR) is 90.2 cm³/mol. The average Bonchev–Trinajstić information content (AvgIpc) is 2.54. The van der Waals surface area contributed by atoms with Gasteiger partial charge in [-0.25, -0.2) is 0 Å². The van der Waals surface area contributed by atoms with Crippen molar-refractivity contribution < 1.29 is 14.9 Å². The van der Waals surface area contributed by atoms with Gasteiger partial charge in [0, 0.05) is 6.42 Å². The van der Waals surface area contributed by atoms with Crippen molar-refractivity contribution in [1.29, 1.82) is 0 Å². The molecule has 0 saturated heterocycles. The number of hydrogen-bond acceptors (Lipinski definition) is 4. The molecule has 0 fully saturated rings. The average molecular weight is 307 g/mol. The van der Waals surface area contributed by atoms with Crippen molar-refractivity contribution in [2.45, 2.75) is 52.1 Å². The molecule has 22 heavy (non-hydrogen) atoms. The number of ether oxygens (including phenoxy) is 1. The molecule has 124 valence electrons. The first kappa shape index (κ1) is 18.5. The normalized spacial score (nSPS) is 12.0. The van der Waals surface area contributed by atoms with Crippen LogP contribution in [0, 0.1) is 0 Å². The summed E-state index contributed by atoms with van der Waals surface area (Å²) in [5.41, 5.74) is 8.47. The van der Waals surface area contributed by atoms with E-state index in [1.54, 1.807) is 7.11 Å². The third kappa shape index (κ3) is 5.35. The molecule has 4 N–H and O–H groups in total. The van der Waals surface area contributed by atoms with Gasteiger partial charge in [-0.05, 0) is 61.1 Å². The van der Waals surface area contributed by atoms with E-state index in [0.29, 0.717) is 25.1 Å². The molecule has 0 saturated carbocycles. The number of benzene rings is 1. The molecule has 4 nitrogen and oxygen atoms in total. The number of nitrogens with two attached hydrogens (primary N) is 1. The van der Waals surface area contributed by atoms with Crippen LogP contribution in [0.3, 0.4) is 0 Å². The molecule has 0 aliphatic rings. The van der Waals surface area contributed by atoms with Gasteiger partial charge < -0.3 is 20.7 Å². The highest BCUT2D eigenvalue weighted by Gasteiger charge is 2.11. The van der Waals surface area contributed by atoms with Gasteiger partial charge in [-0.1, -0.05) is 19.9 Å². The van der Waals surface area contributed by atoms with Gasteiger partial charge in [0.25, 0.3) is 0 Å². The molecule has 1 atom stereocenters. The Bertz CT molecular complexity index is 491. The predicted octanol–water partition coefficient (Wildman–Crippen LogP) is 3.64. The number of rotatable bonds is 9. The molecule has 0 radical (unpaired) electrons. The largest absolute Gasteiger partial charge is 0.512 e. The van der Waals surface area contributed by atoms with E-state index in [-0.39, 0.29) is 0 Å². The van der Waals surface area contributed by atoms with Gasteiger partial charge >= 0.3 is 0 Å². The highest BCUT2D eigenvalue weighted by Crippen LogP contribution is 2.25. The Hall–Kier alpha value is -1.52. The molecule has 0 spiro atoms. The van der Waals surface area contributed by atoms with Crippen molar-refractivity contribution in [3.8, 4) is 5.75 Å². The smallest absolute Gasteiger partial charge is 0.119 e. The molecule has 1 unspecified atom stereocenters. The Labute approximate surface area is 133 Å². The molecule has 0 aromatic heterocycles. The first-order chi connectivity index (χ1) is 10.5. The van der Waals surface area contributed by atoms with E-state index in [2.05, 4.69) is 13.8 Å². The second-order valence-electron chi connectivity index (χ2n) is 5.46. The molecular weight excluding hydrogens is 278 g/mol. The Morgan fingerprint density at radius 2 is 1.91 bits per heavy atom. The summed E-state index contributed by atoms with van der Waals surface area (Å²) in [5.74, 6) is 1.20. The van der Waals surface area contributed by atoms with Crippen LogP contribution in [-0.2, 0) is 6.42 Å². The van der Waals surface area contributed by atoms with Crippen LogP contribution >= 0.6 is 0 Å². The fraction of sp³-hybridized carbons (Fsp3) is 0.556. The number of hydrogen-bond donors (Lipinski definition) is 3. The van der Waals surface area contributed by atoms with Crippen LogP contribution in [0.25, 0.3) is 0 Å². The van der Waals surface area contributed by atoms with E-state index in [4.69, 9.17) is 10.5 Å². The minimum atomic E-state index is -0.579. The Morgan fingerprint density at radius 1 is 1.23 bits per heavy atom. The third-order valence-corrected chi connectivity index (χ3v) is 3.96. The minimum absolute atomic E-state index is 0.438. The maximum absolute atomic E-state index is 10.1. The van der Waals surface area contributed by atoms with Crippen molar-refractivity contribution in [2.75, 3.05) is 13.7 Å². The van der Waals surface area contributed by atoms with Gasteiger partial charge in [0.05, 0.1) is 19.0 Å². The zero-order chi connectivity index (χ0) is 16.5. The zero-order valence-corrected chi connectivity index (χ0v) is 13.9. The lowest BCUT2D eigenvalue weighted by atomic mass is 9.99. The zero-order valence-electron chi connectivity index (χ0n) is 13.9. The molecule has 4 heteroatoms. The van der Waals surface area contributed by atoms with Crippen molar-refractivity contribution in [2.24, 2.45) is 5.73 Å². The van der Waals surface area contributed by atoms with Crippen molar-refractivity contribution in [3.05, 3.63) is 40.7 Å². The van der Waals surface area contributed by atoms with Crippen molar-refractivity contribution >= 4 is 0 Å². The molecule has 0 aliphatic carbocycles. The second kappa shape index (κ2) is 9.49. The number of aliphatic hydroxyl groups excluding tert-OH is 2. The van der Waals surface area contributed by atoms with E-state index >= 15 is 0 Å². The molecule has 0 amide bonds. The van der Waals surface area contributed by atoms with Gasteiger partial charge in [0.15, 0.2) is 0 Å². The standard InChI is InChI=1S/C18H29NO3/c1-4-14(5-2)17(20)7-6-13-10-15(18(21)8-9-19)12-16(11-13)22-3/h10-12,18,20-21H,4-9,19H2,1-3H3. The Balaban J connectivity index is 2.90. The third-order valence-electron chi connectivity index (χ3n) is 3.96. The number of aliphatic hydroxyl groups is 2. The van der Waals surface area contributed by atoms with Crippen LogP contribution in [0.15, 0.2) is 29.5 Å². The van der Waals surface area contributed by atoms with Crippen LogP contribution in [0.1, 0.15) is 56.8 Å². The van der Waals surface area contributed by atoms with Crippen LogP contribution in [0.2, 0.25) is 0 Å². The molecule has 0 bridgehead atoms. The Kier molecular flexibility index (Phi) is 7.99. The van der Waals surface area contributed by atoms with E-state index in [1.807, 2.05) is 18.2 Å². The fourth-order valence-electron chi connectivity index (χ4n) is 2.56. The van der Waals surface area contributed by atoms with E-state index < -0.39 is 6.10 Å². The summed E-state index contributed by atoms with van der Waals surface area (Å²) >= 11 is 0. The SMILES string of the molecule is CCC(CC)=C(O)CCc1cc(OC)cc(C(O)CCN)c1. The number of allylic oxidation sites excluding steroid dienone is 2. The quantitative estimate of drug-likeness (QED) is 0.609. The lowest BCUT2D eigenvalue weighted by Crippen LogP contribution is -2.07. The van der Waals surface area contributed by atoms with E-state index in [9.17, 15) is 10.2 Å². The lowest BCUT2D eigenvalue weighted by Gasteiger charge is -2.14. The van der Waals surface area contributed by atoms with Crippen molar-refractivity contribution in [3.63, 3.8) is 0 Å². The number of methoxy groups -OCH3 is 1. The lowest BCUT2D eigenvalue weighted by molar-refractivity contribution is 0.170. The van der Waals surface area contributed by atoms with Gasteiger partial charge in [0.1, 0.15) is 5.75 Å². The van der Waals surface area contributed by atoms with Crippen LogP contribution in [0.5, 0.6) is 5.75 Å². The second-order valence-corrected chi connectivity index (χ2v) is 5.46. The van der Waals surface area contributed by atoms with Gasteiger partial charge in [0.2, 0.25) is 0 Å². The van der Waals surface area contributed by atoms with Gasteiger partial charge in [-0.2, -0.15) is 0 Å². The van der Waals surface area contributed by atoms with Crippen molar-refractivity contribution in [1.82, 2.24) is 0 Å². The summed E-state index contributed by atoms with van der Waals surface area (Å²) in [6.07, 6.45) is 3.02. The topological polar surface area (TPSA) is 75.7 Å². The molecule has 1 rings (SSSR count). The summed E-state index contributed by atoms with van der Waals surface area (Å²) in [5, 5.41) is 20.3. The first-order valence-electron chi connectivity index (χ1n) is 8.01. The highest BCUT2D eigenvalue weighted by atomic mass is 16.5. The highest BCUT2D eigenvalue weighted by molar-refractivity contribution is 5.36. The summed E-state index contributed by atoms with van der Waals surface area (Å²) < 4.78 is 5.30. The van der Waals surface area contributed by atoms with Crippen LogP contribution in [0.4, 0.5) is 0 Å². The van der Waals surface area contributed by atoms with Gasteiger partial charge in [-0.3, -0.25) is 0 Å². The van der Waals surface area contributed by atoms with Crippen LogP contribution in [-0.4, -0.2) is 23.9 Å². The van der Waals surface area contributed by atoms with E-state index in [1.165, 1.54) is 0 Å². The summed E-state index contributed by atoms with van der Waals surface area (Å²) in [6, 6.07) is 5.75. The Morgan fingerprint density at radius 3 is 2.45 bits per heavy atom. The van der Waals surface area contributed by atoms with E-state index in [0.717, 1.165) is 41.7 Å². The maximum atomic E-state index is 10.1. The summed E-state index contributed by atoms with van der Waals surface area (Å²) in [4.78, 5) is 0. The minimum Gasteiger partial charge on any atom is -0.512 e. The molecular formula is C18H29NO3. The number of aryl methyl sites for hydroxylation is 1. The molecule has 0 aliphatic heterocycles. The monoisotopic (exact) mass is 307 g/mol. The summed E-state index contributed by atoms with van der Waals surface area (Å²) in [7, 11) is 1.61. The maximum Gasteiger partial charge on any atom is 0.119 e.